The standard InChI is InChI=1S/C25H23N3O2S/c1-29-22-15-13-21(14-16-22)28-24(20-11-6-12-23(18-20)30-2)26-27-25(28)31-17-7-10-19-8-4-3-5-9-19/h3-16,18H,17H2,1-2H3/b10-7+. The van der Waals surface area contributed by atoms with Crippen LogP contribution in [0.1, 0.15) is 5.56 Å². The second kappa shape index (κ2) is 10.00. The zero-order valence-corrected chi connectivity index (χ0v) is 18.3. The van der Waals surface area contributed by atoms with Crippen LogP contribution >= 0.6 is 11.8 Å². The first-order valence-electron chi connectivity index (χ1n) is 9.87. The summed E-state index contributed by atoms with van der Waals surface area (Å²) in [7, 11) is 3.32. The first-order valence-corrected chi connectivity index (χ1v) is 10.9. The molecule has 1 aromatic heterocycles. The third kappa shape index (κ3) is 4.98. The number of nitrogens with zero attached hydrogens (tertiary/aromatic N) is 3. The first kappa shape index (κ1) is 20.8. The Balaban J connectivity index is 1.65. The van der Waals surface area contributed by atoms with Crippen molar-refractivity contribution in [3.8, 4) is 28.6 Å². The maximum atomic E-state index is 5.39. The van der Waals surface area contributed by atoms with Gasteiger partial charge in [0, 0.05) is 17.0 Å². The van der Waals surface area contributed by atoms with Gasteiger partial charge in [-0.2, -0.15) is 0 Å². The molecule has 0 atom stereocenters. The molecule has 5 nitrogen and oxygen atoms in total. The van der Waals surface area contributed by atoms with E-state index >= 15 is 0 Å². The number of ether oxygens (including phenoxy) is 2. The van der Waals surface area contributed by atoms with Crippen LogP contribution in [-0.2, 0) is 0 Å². The Kier molecular flexibility index (Phi) is 6.69. The summed E-state index contributed by atoms with van der Waals surface area (Å²) in [5.41, 5.74) is 3.09. The van der Waals surface area contributed by atoms with Crippen LogP contribution in [0, 0.1) is 0 Å². The third-order valence-corrected chi connectivity index (χ3v) is 5.59. The Labute approximate surface area is 186 Å². The molecule has 31 heavy (non-hydrogen) atoms. The van der Waals surface area contributed by atoms with E-state index in [0.29, 0.717) is 0 Å². The molecule has 0 radical (unpaired) electrons. The summed E-state index contributed by atoms with van der Waals surface area (Å²) in [5, 5.41) is 9.80. The molecule has 0 bridgehead atoms. The van der Waals surface area contributed by atoms with Crippen LogP contribution in [0.15, 0.2) is 90.1 Å². The number of benzene rings is 3. The molecule has 4 rings (SSSR count). The minimum absolute atomic E-state index is 0.763. The van der Waals surface area contributed by atoms with Crippen molar-refractivity contribution in [2.45, 2.75) is 5.16 Å². The van der Waals surface area contributed by atoms with Gasteiger partial charge in [0.1, 0.15) is 11.5 Å². The Hall–Kier alpha value is -3.51. The Morgan fingerprint density at radius 1 is 0.839 bits per heavy atom. The fourth-order valence-corrected chi connectivity index (χ4v) is 3.91. The molecule has 0 aliphatic rings. The van der Waals surface area contributed by atoms with E-state index in [4.69, 9.17) is 9.47 Å². The van der Waals surface area contributed by atoms with Gasteiger partial charge in [-0.3, -0.25) is 4.57 Å². The van der Waals surface area contributed by atoms with Gasteiger partial charge >= 0.3 is 0 Å². The maximum Gasteiger partial charge on any atom is 0.196 e. The summed E-state index contributed by atoms with van der Waals surface area (Å²) in [6.45, 7) is 0. The molecule has 156 valence electrons. The fourth-order valence-electron chi connectivity index (χ4n) is 3.15. The highest BCUT2D eigenvalue weighted by Gasteiger charge is 2.16. The predicted octanol–water partition coefficient (Wildman–Crippen LogP) is 5.76. The predicted molar refractivity (Wildman–Crippen MR) is 126 cm³/mol. The molecule has 1 heterocycles. The van der Waals surface area contributed by atoms with Crippen molar-refractivity contribution in [1.82, 2.24) is 14.8 Å². The van der Waals surface area contributed by atoms with Gasteiger partial charge in [0.2, 0.25) is 0 Å². The molecule has 0 aliphatic heterocycles. The Bertz CT molecular complexity index is 1160. The molecule has 3 aromatic carbocycles. The largest absolute Gasteiger partial charge is 0.497 e. The van der Waals surface area contributed by atoms with Gasteiger partial charge in [-0.15, -0.1) is 10.2 Å². The quantitative estimate of drug-likeness (QED) is 0.334. The summed E-state index contributed by atoms with van der Waals surface area (Å²) in [4.78, 5) is 0. The summed E-state index contributed by atoms with van der Waals surface area (Å²) in [6.07, 6.45) is 4.25. The van der Waals surface area contributed by atoms with Crippen molar-refractivity contribution in [2.24, 2.45) is 0 Å². The first-order chi connectivity index (χ1) is 15.3. The molecule has 4 aromatic rings. The van der Waals surface area contributed by atoms with E-state index < -0.39 is 0 Å². The fraction of sp³-hybridized carbons (Fsp3) is 0.120. The van der Waals surface area contributed by atoms with Gasteiger partial charge in [0.25, 0.3) is 0 Å². The summed E-state index contributed by atoms with van der Waals surface area (Å²) >= 11 is 1.64. The molecule has 0 aliphatic carbocycles. The summed E-state index contributed by atoms with van der Waals surface area (Å²) in [6, 6.07) is 26.0. The van der Waals surface area contributed by atoms with Crippen LogP contribution in [0.3, 0.4) is 0 Å². The smallest absolute Gasteiger partial charge is 0.196 e. The zero-order valence-electron chi connectivity index (χ0n) is 17.4. The van der Waals surface area contributed by atoms with E-state index in [1.807, 2.05) is 66.7 Å². The Morgan fingerprint density at radius 2 is 1.61 bits per heavy atom. The normalized spacial score (nSPS) is 11.0. The minimum atomic E-state index is 0.763. The van der Waals surface area contributed by atoms with Gasteiger partial charge in [-0.25, -0.2) is 0 Å². The lowest BCUT2D eigenvalue weighted by Gasteiger charge is -2.11. The lowest BCUT2D eigenvalue weighted by atomic mass is 10.2. The van der Waals surface area contributed by atoms with E-state index in [2.05, 4.69) is 39.0 Å². The van der Waals surface area contributed by atoms with E-state index in [-0.39, 0.29) is 0 Å². The van der Waals surface area contributed by atoms with Crippen LogP contribution in [0.2, 0.25) is 0 Å². The van der Waals surface area contributed by atoms with E-state index in [1.165, 1.54) is 5.56 Å². The molecule has 0 N–H and O–H groups in total. The van der Waals surface area contributed by atoms with E-state index in [1.54, 1.807) is 26.0 Å². The second-order valence-electron chi connectivity index (χ2n) is 6.70. The summed E-state index contributed by atoms with van der Waals surface area (Å²) < 4.78 is 12.8. The zero-order chi connectivity index (χ0) is 21.5. The highest BCUT2D eigenvalue weighted by Crippen LogP contribution is 2.30. The van der Waals surface area contributed by atoms with Crippen molar-refractivity contribution in [2.75, 3.05) is 20.0 Å². The molecule has 0 fully saturated rings. The molecule has 0 spiro atoms. The molecule has 0 saturated carbocycles. The Morgan fingerprint density at radius 3 is 2.35 bits per heavy atom. The lowest BCUT2D eigenvalue weighted by Crippen LogP contribution is -2.00. The van der Waals surface area contributed by atoms with Gasteiger partial charge in [0.15, 0.2) is 11.0 Å². The van der Waals surface area contributed by atoms with Crippen molar-refractivity contribution < 1.29 is 9.47 Å². The lowest BCUT2D eigenvalue weighted by molar-refractivity contribution is 0.414. The number of thioether (sulfide) groups is 1. The molecule has 6 heteroatoms. The van der Waals surface area contributed by atoms with Crippen LogP contribution in [0.5, 0.6) is 11.5 Å². The average molecular weight is 430 g/mol. The van der Waals surface area contributed by atoms with Crippen molar-refractivity contribution in [3.05, 3.63) is 90.5 Å². The molecule has 0 saturated heterocycles. The molecular weight excluding hydrogens is 406 g/mol. The number of rotatable bonds is 8. The second-order valence-corrected chi connectivity index (χ2v) is 7.68. The van der Waals surface area contributed by atoms with Crippen molar-refractivity contribution in [3.63, 3.8) is 0 Å². The van der Waals surface area contributed by atoms with E-state index in [9.17, 15) is 0 Å². The van der Waals surface area contributed by atoms with Crippen LogP contribution < -0.4 is 9.47 Å². The monoisotopic (exact) mass is 429 g/mol. The van der Waals surface area contributed by atoms with Gasteiger partial charge < -0.3 is 9.47 Å². The van der Waals surface area contributed by atoms with Gasteiger partial charge in [-0.05, 0) is 42.0 Å². The van der Waals surface area contributed by atoms with Crippen LogP contribution in [0.4, 0.5) is 0 Å². The molecule has 0 unspecified atom stereocenters. The minimum Gasteiger partial charge on any atom is -0.497 e. The van der Waals surface area contributed by atoms with Gasteiger partial charge in [0.05, 0.1) is 14.2 Å². The average Bonchev–Trinajstić information content (AvgIpc) is 3.26. The van der Waals surface area contributed by atoms with Crippen LogP contribution in [0.25, 0.3) is 23.2 Å². The topological polar surface area (TPSA) is 49.2 Å². The number of hydrogen-bond acceptors (Lipinski definition) is 5. The molecule has 0 amide bonds. The van der Waals surface area contributed by atoms with Crippen LogP contribution in [-0.4, -0.2) is 34.7 Å². The number of hydrogen-bond donors (Lipinski definition) is 0. The number of aromatic nitrogens is 3. The van der Waals surface area contributed by atoms with Gasteiger partial charge in [-0.1, -0.05) is 66.4 Å². The highest BCUT2D eigenvalue weighted by atomic mass is 32.2. The third-order valence-electron chi connectivity index (χ3n) is 4.71. The van der Waals surface area contributed by atoms with Crippen molar-refractivity contribution >= 4 is 17.8 Å². The SMILES string of the molecule is COc1ccc(-n2c(SC/C=C/c3ccccc3)nnc2-c2cccc(OC)c2)cc1. The highest BCUT2D eigenvalue weighted by molar-refractivity contribution is 7.99. The summed E-state index contributed by atoms with van der Waals surface area (Å²) in [5.74, 6) is 3.13. The van der Waals surface area contributed by atoms with Crippen molar-refractivity contribution in [1.29, 1.82) is 0 Å². The maximum absolute atomic E-state index is 5.39. The van der Waals surface area contributed by atoms with E-state index in [0.717, 1.165) is 39.5 Å². The molecular formula is C25H23N3O2S. The number of methoxy groups -OCH3 is 2.